The highest BCUT2D eigenvalue weighted by Gasteiger charge is 2.26. The van der Waals surface area contributed by atoms with Crippen LogP contribution in [0.3, 0.4) is 0 Å². The number of ether oxygens (including phenoxy) is 3. The second-order valence-electron chi connectivity index (χ2n) is 6.68. The number of ketones is 1. The highest BCUT2D eigenvalue weighted by molar-refractivity contribution is 6.03. The molecule has 0 unspecified atom stereocenters. The lowest BCUT2D eigenvalue weighted by molar-refractivity contribution is 0.0439. The molecular formula is C22H23NO7. The molecular weight excluding hydrogens is 390 g/mol. The minimum absolute atomic E-state index is 0.00236. The zero-order chi connectivity index (χ0) is 21.8. The molecule has 0 radical (unpaired) electrons. The van der Waals surface area contributed by atoms with Gasteiger partial charge in [-0.2, -0.15) is 0 Å². The fourth-order valence-corrected chi connectivity index (χ4v) is 3.36. The average molecular weight is 413 g/mol. The van der Waals surface area contributed by atoms with Gasteiger partial charge in [-0.15, -0.1) is 0 Å². The number of nitrogens with one attached hydrogen (secondary N) is 1. The number of methoxy groups -OCH3 is 1. The van der Waals surface area contributed by atoms with E-state index in [-0.39, 0.29) is 24.7 Å². The van der Waals surface area contributed by atoms with Crippen LogP contribution in [0.25, 0.3) is 11.0 Å². The molecule has 0 atom stereocenters. The van der Waals surface area contributed by atoms with Gasteiger partial charge in [-0.3, -0.25) is 4.79 Å². The van der Waals surface area contributed by atoms with Crippen molar-refractivity contribution in [2.75, 3.05) is 20.3 Å². The number of Topliss-reactive ketones (excluding diaryl/α,β-unsaturated/α-hetero) is 1. The molecule has 0 aliphatic heterocycles. The van der Waals surface area contributed by atoms with Gasteiger partial charge in [0.2, 0.25) is 11.5 Å². The number of furan rings is 1. The van der Waals surface area contributed by atoms with E-state index in [4.69, 9.17) is 18.6 Å². The molecule has 3 aromatic rings. The van der Waals surface area contributed by atoms with Crippen LogP contribution in [-0.2, 0) is 20.8 Å². The maximum absolute atomic E-state index is 12.6. The number of rotatable bonds is 8. The zero-order valence-corrected chi connectivity index (χ0v) is 17.3. The van der Waals surface area contributed by atoms with Crippen molar-refractivity contribution in [3.05, 3.63) is 58.1 Å². The number of aromatic nitrogens is 1. The molecule has 0 fully saturated rings. The normalized spacial score (nSPS) is 10.9. The monoisotopic (exact) mass is 413 g/mol. The van der Waals surface area contributed by atoms with Gasteiger partial charge in [0, 0.05) is 23.8 Å². The summed E-state index contributed by atoms with van der Waals surface area (Å²) in [5.74, 6) is -1.74. The lowest BCUT2D eigenvalue weighted by Gasteiger charge is -2.05. The van der Waals surface area contributed by atoms with Crippen molar-refractivity contribution in [1.82, 2.24) is 4.98 Å². The van der Waals surface area contributed by atoms with E-state index in [0.29, 0.717) is 28.0 Å². The Labute approximate surface area is 173 Å². The first-order chi connectivity index (χ1) is 14.4. The summed E-state index contributed by atoms with van der Waals surface area (Å²) in [5, 5.41) is 0.743. The molecule has 0 aliphatic carbocycles. The van der Waals surface area contributed by atoms with Crippen LogP contribution in [0.5, 0.6) is 0 Å². The zero-order valence-electron chi connectivity index (χ0n) is 17.3. The third-order valence-corrected chi connectivity index (χ3v) is 4.70. The van der Waals surface area contributed by atoms with Gasteiger partial charge in [-0.1, -0.05) is 18.2 Å². The molecule has 8 nitrogen and oxygen atoms in total. The van der Waals surface area contributed by atoms with Gasteiger partial charge in [0.15, 0.2) is 6.61 Å². The Morgan fingerprint density at radius 1 is 1.07 bits per heavy atom. The number of hydrogen-bond acceptors (Lipinski definition) is 7. The van der Waals surface area contributed by atoms with Crippen LogP contribution in [0, 0.1) is 13.8 Å². The number of aryl methyl sites for hydroxylation is 1. The Hall–Kier alpha value is -3.39. The van der Waals surface area contributed by atoms with Gasteiger partial charge in [0.05, 0.1) is 24.5 Å². The first-order valence-electron chi connectivity index (χ1n) is 9.44. The number of hydrogen-bond donors (Lipinski definition) is 1. The lowest BCUT2D eigenvalue weighted by atomic mass is 10.1. The fraction of sp³-hybridized carbons (Fsp3) is 0.318. The van der Waals surface area contributed by atoms with Crippen molar-refractivity contribution in [2.45, 2.75) is 27.4 Å². The van der Waals surface area contributed by atoms with Crippen LogP contribution in [0.1, 0.15) is 55.1 Å². The first-order valence-corrected chi connectivity index (χ1v) is 9.44. The maximum atomic E-state index is 12.6. The van der Waals surface area contributed by atoms with Crippen LogP contribution >= 0.6 is 0 Å². The van der Waals surface area contributed by atoms with Crippen molar-refractivity contribution >= 4 is 28.7 Å². The minimum atomic E-state index is -0.766. The Bertz CT molecular complexity index is 1110. The van der Waals surface area contributed by atoms with Gasteiger partial charge >= 0.3 is 11.9 Å². The average Bonchev–Trinajstić information content (AvgIpc) is 3.23. The van der Waals surface area contributed by atoms with E-state index < -0.39 is 24.3 Å². The molecule has 158 valence electrons. The number of aromatic amines is 1. The number of fused-ring (bicyclic) bond motifs is 1. The molecule has 2 aromatic heterocycles. The van der Waals surface area contributed by atoms with Crippen molar-refractivity contribution in [3.8, 4) is 0 Å². The van der Waals surface area contributed by atoms with Crippen LogP contribution in [0.4, 0.5) is 0 Å². The second-order valence-corrected chi connectivity index (χ2v) is 6.68. The second kappa shape index (κ2) is 8.96. The topological polar surface area (TPSA) is 108 Å². The van der Waals surface area contributed by atoms with E-state index >= 15 is 0 Å². The van der Waals surface area contributed by atoms with Gasteiger partial charge in [0.1, 0.15) is 5.58 Å². The predicted molar refractivity (Wildman–Crippen MR) is 108 cm³/mol. The first kappa shape index (κ1) is 21.3. The fourth-order valence-electron chi connectivity index (χ4n) is 3.36. The highest BCUT2D eigenvalue weighted by Crippen LogP contribution is 2.27. The Morgan fingerprint density at radius 3 is 2.50 bits per heavy atom. The van der Waals surface area contributed by atoms with Gasteiger partial charge in [0.25, 0.3) is 0 Å². The number of carbonyl (C=O) groups is 3. The summed E-state index contributed by atoms with van der Waals surface area (Å²) in [7, 11) is 1.51. The van der Waals surface area contributed by atoms with Crippen molar-refractivity contribution in [1.29, 1.82) is 0 Å². The summed E-state index contributed by atoms with van der Waals surface area (Å²) in [6.45, 7) is 4.90. The summed E-state index contributed by atoms with van der Waals surface area (Å²) in [6, 6.07) is 7.17. The third-order valence-electron chi connectivity index (χ3n) is 4.70. The summed E-state index contributed by atoms with van der Waals surface area (Å²) in [5.41, 5.74) is 2.56. The summed E-state index contributed by atoms with van der Waals surface area (Å²) < 4.78 is 21.0. The lowest BCUT2D eigenvalue weighted by Crippen LogP contribution is -2.16. The number of H-pyrrole nitrogens is 1. The number of para-hydroxylation sites is 1. The minimum Gasteiger partial charge on any atom is -0.462 e. The van der Waals surface area contributed by atoms with Crippen molar-refractivity contribution in [3.63, 3.8) is 0 Å². The van der Waals surface area contributed by atoms with Crippen molar-refractivity contribution in [2.24, 2.45) is 0 Å². The maximum Gasteiger partial charge on any atom is 0.375 e. The SMILES string of the molecule is CCOC(=O)c1c(C)[nH]c(C(=O)COC(=O)c2oc3ccccc3c2COC)c1C. The smallest absolute Gasteiger partial charge is 0.375 e. The van der Waals surface area contributed by atoms with E-state index in [0.717, 1.165) is 5.39 Å². The Kier molecular flexibility index (Phi) is 6.37. The Balaban J connectivity index is 1.78. The largest absolute Gasteiger partial charge is 0.462 e. The van der Waals surface area contributed by atoms with E-state index in [1.165, 1.54) is 7.11 Å². The van der Waals surface area contributed by atoms with Gasteiger partial charge < -0.3 is 23.6 Å². The summed E-state index contributed by atoms with van der Waals surface area (Å²) >= 11 is 0. The molecule has 1 aromatic carbocycles. The van der Waals surface area contributed by atoms with Crippen LogP contribution in [0.2, 0.25) is 0 Å². The molecule has 2 heterocycles. The van der Waals surface area contributed by atoms with E-state index in [1.54, 1.807) is 32.9 Å². The highest BCUT2D eigenvalue weighted by atomic mass is 16.5. The molecule has 3 rings (SSSR count). The Morgan fingerprint density at radius 2 is 1.80 bits per heavy atom. The molecule has 1 N–H and O–H groups in total. The predicted octanol–water partition coefficient (Wildman–Crippen LogP) is 3.74. The summed E-state index contributed by atoms with van der Waals surface area (Å²) in [6.07, 6.45) is 0. The molecule has 0 saturated carbocycles. The van der Waals surface area contributed by atoms with E-state index in [1.807, 2.05) is 12.1 Å². The van der Waals surface area contributed by atoms with Gasteiger partial charge in [-0.25, -0.2) is 9.59 Å². The molecule has 0 amide bonds. The molecule has 0 aliphatic rings. The van der Waals surface area contributed by atoms with Crippen LogP contribution in [-0.4, -0.2) is 43.0 Å². The number of carbonyl (C=O) groups excluding carboxylic acids is 3. The van der Waals surface area contributed by atoms with Crippen LogP contribution < -0.4 is 0 Å². The number of esters is 2. The van der Waals surface area contributed by atoms with Gasteiger partial charge in [-0.05, 0) is 32.4 Å². The molecule has 0 spiro atoms. The quantitative estimate of drug-likeness (QED) is 0.443. The molecule has 0 bridgehead atoms. The molecule has 0 saturated heterocycles. The molecule has 8 heteroatoms. The molecule has 30 heavy (non-hydrogen) atoms. The van der Waals surface area contributed by atoms with Crippen molar-refractivity contribution < 1.29 is 33.0 Å². The van der Waals surface area contributed by atoms with Crippen LogP contribution in [0.15, 0.2) is 28.7 Å². The standard InChI is InChI=1S/C22H23NO7/c1-5-28-21(25)18-12(2)19(23-13(18)3)16(24)11-29-22(26)20-15(10-27-4)14-8-6-7-9-17(14)30-20/h6-9,23H,5,10-11H2,1-4H3. The third kappa shape index (κ3) is 3.99. The summed E-state index contributed by atoms with van der Waals surface area (Å²) in [4.78, 5) is 40.2. The number of benzene rings is 1. The van der Waals surface area contributed by atoms with E-state index in [9.17, 15) is 14.4 Å². The van der Waals surface area contributed by atoms with E-state index in [2.05, 4.69) is 4.98 Å².